The Balaban J connectivity index is 1.50. The average molecular weight is 490 g/mol. The van der Waals surface area contributed by atoms with Crippen LogP contribution in [0.25, 0.3) is 5.69 Å². The smallest absolute Gasteiger partial charge is 0.248 e. The van der Waals surface area contributed by atoms with E-state index in [0.29, 0.717) is 24.2 Å². The summed E-state index contributed by atoms with van der Waals surface area (Å²) in [4.78, 5) is 41.6. The summed E-state index contributed by atoms with van der Waals surface area (Å²) in [5.74, 6) is -0.0459. The molecule has 3 amide bonds. The Morgan fingerprint density at radius 1 is 1.08 bits per heavy atom. The van der Waals surface area contributed by atoms with Gasteiger partial charge in [-0.3, -0.25) is 14.4 Å². The molecule has 2 heterocycles. The van der Waals surface area contributed by atoms with Crippen LogP contribution in [0.3, 0.4) is 0 Å². The molecule has 2 fully saturated rings. The van der Waals surface area contributed by atoms with E-state index in [0.717, 1.165) is 44.2 Å². The van der Waals surface area contributed by atoms with Crippen molar-refractivity contribution in [2.24, 2.45) is 5.92 Å². The van der Waals surface area contributed by atoms with Crippen molar-refractivity contribution in [2.45, 2.75) is 70.0 Å². The molecule has 2 aromatic rings. The average Bonchev–Trinajstić information content (AvgIpc) is 3.57. The van der Waals surface area contributed by atoms with Gasteiger partial charge in [0.25, 0.3) is 0 Å². The van der Waals surface area contributed by atoms with E-state index in [1.165, 1.54) is 0 Å². The van der Waals surface area contributed by atoms with Crippen LogP contribution in [0.4, 0.5) is 5.82 Å². The van der Waals surface area contributed by atoms with Gasteiger partial charge in [0, 0.05) is 12.6 Å². The standard InChI is InChI=1S/C26H35BN6O3/c1-17(28-2)24(34)31-23(18-8-4-3-5-9-18)26(36)32-15-7-12-21(32)25(35)30-22-13-14-29-33(22)20-11-6-10-19(27)16-20/h6,10-11,13-14,16-18,21,23,28H,3-5,7-9,12,15H2,1-2H3,(H,30,35)(H,31,34)/t17-,21-,23-/m0/s1. The van der Waals surface area contributed by atoms with Crippen molar-refractivity contribution in [3.05, 3.63) is 36.5 Å². The Morgan fingerprint density at radius 2 is 1.86 bits per heavy atom. The first-order valence-corrected chi connectivity index (χ1v) is 12.9. The van der Waals surface area contributed by atoms with E-state index < -0.39 is 18.1 Å². The fraction of sp³-hybridized carbons (Fsp3) is 0.538. The number of likely N-dealkylation sites (N-methyl/N-ethyl adjacent to an activating group) is 1. The summed E-state index contributed by atoms with van der Waals surface area (Å²) >= 11 is 0. The lowest BCUT2D eigenvalue weighted by atomic mass is 9.83. The molecule has 1 aliphatic carbocycles. The molecule has 1 saturated heterocycles. The molecule has 0 spiro atoms. The van der Waals surface area contributed by atoms with E-state index in [-0.39, 0.29) is 23.6 Å². The SMILES string of the molecule is [B]c1cccc(-n2nccc2NC(=O)[C@@H]2CCCN2C(=O)[C@@H](NC(=O)[C@H](C)NC)C2CCCCC2)c1. The molecular weight excluding hydrogens is 455 g/mol. The number of nitrogens with zero attached hydrogens (tertiary/aromatic N) is 3. The zero-order valence-electron chi connectivity index (χ0n) is 21.1. The zero-order valence-corrected chi connectivity index (χ0v) is 21.1. The zero-order chi connectivity index (χ0) is 25.7. The van der Waals surface area contributed by atoms with Crippen LogP contribution < -0.4 is 21.4 Å². The number of carbonyl (C=O) groups excluding carboxylic acids is 3. The summed E-state index contributed by atoms with van der Waals surface area (Å²) in [6.45, 7) is 2.26. The van der Waals surface area contributed by atoms with Crippen LogP contribution in [-0.2, 0) is 14.4 Å². The lowest BCUT2D eigenvalue weighted by Crippen LogP contribution is -2.57. The molecule has 3 atom stereocenters. The third-order valence-corrected chi connectivity index (χ3v) is 7.36. The van der Waals surface area contributed by atoms with Gasteiger partial charge < -0.3 is 20.9 Å². The molecule has 9 nitrogen and oxygen atoms in total. The van der Waals surface area contributed by atoms with Gasteiger partial charge in [-0.1, -0.05) is 36.9 Å². The number of carbonyl (C=O) groups is 3. The molecule has 1 aliphatic heterocycles. The minimum absolute atomic E-state index is 0.0774. The highest BCUT2D eigenvalue weighted by Gasteiger charge is 2.41. The third-order valence-electron chi connectivity index (χ3n) is 7.36. The van der Waals surface area contributed by atoms with Crippen LogP contribution in [0, 0.1) is 5.92 Å². The maximum atomic E-state index is 13.8. The molecule has 0 bridgehead atoms. The van der Waals surface area contributed by atoms with E-state index in [1.807, 2.05) is 12.1 Å². The Labute approximate surface area is 213 Å². The maximum Gasteiger partial charge on any atom is 0.248 e. The van der Waals surface area contributed by atoms with Gasteiger partial charge in [0.1, 0.15) is 25.7 Å². The van der Waals surface area contributed by atoms with Gasteiger partial charge in [-0.2, -0.15) is 5.10 Å². The normalized spacial score (nSPS) is 20.1. The number of hydrogen-bond acceptors (Lipinski definition) is 5. The van der Waals surface area contributed by atoms with E-state index in [9.17, 15) is 14.4 Å². The van der Waals surface area contributed by atoms with Gasteiger partial charge in [0.2, 0.25) is 17.7 Å². The van der Waals surface area contributed by atoms with Crippen LogP contribution in [0.2, 0.25) is 0 Å². The predicted octanol–water partition coefficient (Wildman–Crippen LogP) is 1.27. The lowest BCUT2D eigenvalue weighted by molar-refractivity contribution is -0.142. The molecule has 2 aliphatic rings. The van der Waals surface area contributed by atoms with E-state index >= 15 is 0 Å². The van der Waals surface area contributed by atoms with Crippen LogP contribution in [0.15, 0.2) is 36.5 Å². The molecule has 2 radical (unpaired) electrons. The van der Waals surface area contributed by atoms with Crippen molar-refractivity contribution in [3.63, 3.8) is 0 Å². The molecule has 0 unspecified atom stereocenters. The number of hydrogen-bond donors (Lipinski definition) is 3. The van der Waals surface area contributed by atoms with E-state index in [1.54, 1.807) is 47.9 Å². The van der Waals surface area contributed by atoms with Gasteiger partial charge in [-0.25, -0.2) is 4.68 Å². The first-order chi connectivity index (χ1) is 17.4. The second-order valence-electron chi connectivity index (χ2n) is 9.80. The molecule has 36 heavy (non-hydrogen) atoms. The number of amides is 3. The first kappa shape index (κ1) is 25.9. The van der Waals surface area contributed by atoms with Gasteiger partial charge in [-0.05, 0) is 57.7 Å². The maximum absolute atomic E-state index is 13.8. The second kappa shape index (κ2) is 11.7. The fourth-order valence-corrected chi connectivity index (χ4v) is 5.21. The van der Waals surface area contributed by atoms with E-state index in [4.69, 9.17) is 7.85 Å². The molecule has 3 N–H and O–H groups in total. The molecule has 4 rings (SSSR count). The monoisotopic (exact) mass is 490 g/mol. The number of benzene rings is 1. The quantitative estimate of drug-likeness (QED) is 0.483. The summed E-state index contributed by atoms with van der Waals surface area (Å²) in [5, 5.41) is 13.2. The van der Waals surface area contributed by atoms with E-state index in [2.05, 4.69) is 21.0 Å². The van der Waals surface area contributed by atoms with Gasteiger partial charge in [0.15, 0.2) is 0 Å². The first-order valence-electron chi connectivity index (χ1n) is 12.9. The number of aromatic nitrogens is 2. The minimum Gasteiger partial charge on any atom is -0.343 e. The lowest BCUT2D eigenvalue weighted by Gasteiger charge is -2.35. The summed E-state index contributed by atoms with van der Waals surface area (Å²) < 4.78 is 1.61. The Bertz CT molecular complexity index is 1080. The van der Waals surface area contributed by atoms with Crippen molar-refractivity contribution >= 4 is 36.8 Å². The highest BCUT2D eigenvalue weighted by atomic mass is 16.2. The predicted molar refractivity (Wildman–Crippen MR) is 139 cm³/mol. The Morgan fingerprint density at radius 3 is 2.58 bits per heavy atom. The molecule has 1 aromatic carbocycles. The van der Waals surface area contributed by atoms with Crippen LogP contribution in [0.1, 0.15) is 51.9 Å². The van der Waals surface area contributed by atoms with Gasteiger partial charge in [-0.15, -0.1) is 0 Å². The van der Waals surface area contributed by atoms with Crippen molar-refractivity contribution < 1.29 is 14.4 Å². The summed E-state index contributed by atoms with van der Waals surface area (Å²) in [5.41, 5.74) is 1.32. The van der Waals surface area contributed by atoms with Crippen molar-refractivity contribution in [1.29, 1.82) is 0 Å². The minimum atomic E-state index is -0.625. The highest BCUT2D eigenvalue weighted by Crippen LogP contribution is 2.30. The molecule has 190 valence electrons. The molecular formula is C26H35BN6O3. The highest BCUT2D eigenvalue weighted by molar-refractivity contribution is 6.32. The number of likely N-dealkylation sites (tertiary alicyclic amines) is 1. The van der Waals surface area contributed by atoms with Gasteiger partial charge in [0.05, 0.1) is 17.9 Å². The number of anilines is 1. The van der Waals surface area contributed by atoms with Crippen LogP contribution >= 0.6 is 0 Å². The summed E-state index contributed by atoms with van der Waals surface area (Å²) in [6.07, 6.45) is 7.94. The number of rotatable bonds is 8. The fourth-order valence-electron chi connectivity index (χ4n) is 5.21. The van der Waals surface area contributed by atoms with Crippen molar-refractivity contribution in [3.8, 4) is 5.69 Å². The van der Waals surface area contributed by atoms with Crippen LogP contribution in [0.5, 0.6) is 0 Å². The Kier molecular flexibility index (Phi) is 8.46. The summed E-state index contributed by atoms with van der Waals surface area (Å²) in [6, 6.07) is 7.31. The largest absolute Gasteiger partial charge is 0.343 e. The third kappa shape index (κ3) is 5.80. The Hall–Kier alpha value is -3.14. The van der Waals surface area contributed by atoms with Crippen molar-refractivity contribution in [2.75, 3.05) is 18.9 Å². The summed E-state index contributed by atoms with van der Waals surface area (Å²) in [7, 11) is 7.63. The number of nitrogens with one attached hydrogen (secondary N) is 3. The van der Waals surface area contributed by atoms with Crippen LogP contribution in [-0.4, -0.2) is 72.0 Å². The topological polar surface area (TPSA) is 108 Å². The van der Waals surface area contributed by atoms with Gasteiger partial charge >= 0.3 is 0 Å². The second-order valence-corrected chi connectivity index (χ2v) is 9.80. The molecule has 1 aromatic heterocycles. The molecule has 10 heteroatoms. The molecule has 1 saturated carbocycles. The van der Waals surface area contributed by atoms with Crippen molar-refractivity contribution in [1.82, 2.24) is 25.3 Å².